The molecule has 1 aromatic carbocycles. The molecule has 0 unspecified atom stereocenters. The molecule has 2 rings (SSSR count). The molecule has 0 saturated carbocycles. The van der Waals surface area contributed by atoms with Crippen LogP contribution in [0.4, 0.5) is 5.82 Å². The van der Waals surface area contributed by atoms with Crippen LogP contribution in [0.25, 0.3) is 0 Å². The van der Waals surface area contributed by atoms with Crippen LogP contribution in [0.1, 0.15) is 71.4 Å². The normalized spacial score (nSPS) is 12.1. The molecule has 1 N–H and O–H groups in total. The fourth-order valence-corrected chi connectivity index (χ4v) is 3.10. The van der Waals surface area contributed by atoms with Crippen LogP contribution in [0, 0.1) is 0 Å². The summed E-state index contributed by atoms with van der Waals surface area (Å²) in [6.45, 7) is 16.1. The summed E-state index contributed by atoms with van der Waals surface area (Å²) in [6, 6.07) is 8.71. The first kappa shape index (κ1) is 24.4. The first-order chi connectivity index (χ1) is 14.2. The molecule has 7 nitrogen and oxygen atoms in total. The molecule has 0 saturated heterocycles. The van der Waals surface area contributed by atoms with Crippen LogP contribution in [0.15, 0.2) is 30.3 Å². The number of ether oxygens (including phenoxy) is 1. The molecule has 2 aromatic rings. The highest BCUT2D eigenvalue weighted by Crippen LogP contribution is 2.28. The van der Waals surface area contributed by atoms with E-state index in [0.717, 1.165) is 5.69 Å². The second-order valence-corrected chi connectivity index (χ2v) is 10.1. The number of amides is 2. The Morgan fingerprint density at radius 1 is 1.13 bits per heavy atom. The van der Waals surface area contributed by atoms with Crippen molar-refractivity contribution in [2.24, 2.45) is 0 Å². The molecule has 0 aliphatic carbocycles. The number of benzene rings is 1. The number of methoxy groups -OCH3 is 1. The Kier molecular flexibility index (Phi) is 7.19. The first-order valence-electron chi connectivity index (χ1n) is 10.6. The number of anilines is 1. The lowest BCUT2D eigenvalue weighted by Crippen LogP contribution is -2.42. The van der Waals surface area contributed by atoms with Crippen LogP contribution in [0.3, 0.4) is 0 Å². The number of aromatic nitrogens is 2. The highest BCUT2D eigenvalue weighted by atomic mass is 16.5. The Balaban J connectivity index is 2.26. The summed E-state index contributed by atoms with van der Waals surface area (Å²) < 4.78 is 7.05. The number of hydrogen-bond acceptors (Lipinski definition) is 4. The van der Waals surface area contributed by atoms with Gasteiger partial charge < -0.3 is 15.0 Å². The van der Waals surface area contributed by atoms with E-state index in [1.807, 2.05) is 45.4 Å². The number of carbonyl (C=O) groups excluding carboxylic acids is 2. The molecular formula is C24H36N4O3. The predicted molar refractivity (Wildman–Crippen MR) is 124 cm³/mol. The van der Waals surface area contributed by atoms with Crippen molar-refractivity contribution in [1.29, 1.82) is 0 Å². The molecule has 170 valence electrons. The van der Waals surface area contributed by atoms with Crippen LogP contribution >= 0.6 is 0 Å². The van der Waals surface area contributed by atoms with E-state index >= 15 is 0 Å². The second-order valence-electron chi connectivity index (χ2n) is 10.1. The summed E-state index contributed by atoms with van der Waals surface area (Å²) in [5.74, 6) is 0.738. The van der Waals surface area contributed by atoms with Crippen LogP contribution in [-0.2, 0) is 15.7 Å². The molecule has 0 aliphatic heterocycles. The topological polar surface area (TPSA) is 76.5 Å². The lowest BCUT2D eigenvalue weighted by Gasteiger charge is -2.27. The molecule has 0 radical (unpaired) electrons. The highest BCUT2D eigenvalue weighted by Gasteiger charge is 2.27. The zero-order valence-corrected chi connectivity index (χ0v) is 20.2. The minimum absolute atomic E-state index is 0.0616. The van der Waals surface area contributed by atoms with Gasteiger partial charge in [-0.25, -0.2) is 4.68 Å². The van der Waals surface area contributed by atoms with Gasteiger partial charge in [-0.1, -0.05) is 26.8 Å². The smallest absolute Gasteiger partial charge is 0.254 e. The third-order valence-corrected chi connectivity index (χ3v) is 4.90. The molecule has 0 spiro atoms. The van der Waals surface area contributed by atoms with Crippen molar-refractivity contribution in [3.63, 3.8) is 0 Å². The quantitative estimate of drug-likeness (QED) is 0.738. The second kappa shape index (κ2) is 9.12. The van der Waals surface area contributed by atoms with Crippen LogP contribution in [0.2, 0.25) is 0 Å². The van der Waals surface area contributed by atoms with E-state index in [1.54, 1.807) is 36.3 Å². The minimum atomic E-state index is -0.305. The fraction of sp³-hybridized carbons (Fsp3) is 0.542. The third-order valence-electron chi connectivity index (χ3n) is 4.90. The molecule has 0 atom stereocenters. The van der Waals surface area contributed by atoms with E-state index < -0.39 is 0 Å². The summed E-state index contributed by atoms with van der Waals surface area (Å²) in [7, 11) is 1.56. The van der Waals surface area contributed by atoms with Gasteiger partial charge >= 0.3 is 0 Å². The van der Waals surface area contributed by atoms with Gasteiger partial charge in [0.25, 0.3) is 5.91 Å². The van der Waals surface area contributed by atoms with Crippen LogP contribution < -0.4 is 10.1 Å². The van der Waals surface area contributed by atoms with Gasteiger partial charge in [-0.15, -0.1) is 0 Å². The van der Waals surface area contributed by atoms with Crippen LogP contribution in [-0.4, -0.2) is 46.2 Å². The molecule has 7 heteroatoms. The van der Waals surface area contributed by atoms with E-state index in [1.165, 1.54) is 0 Å². The van der Waals surface area contributed by atoms with E-state index in [-0.39, 0.29) is 35.4 Å². The summed E-state index contributed by atoms with van der Waals surface area (Å²) in [5.41, 5.74) is 0.921. The van der Waals surface area contributed by atoms with Gasteiger partial charge in [0.1, 0.15) is 18.1 Å². The average Bonchev–Trinajstić information content (AvgIpc) is 3.10. The van der Waals surface area contributed by atoms with Crippen molar-refractivity contribution in [1.82, 2.24) is 14.7 Å². The number of hydrogen-bond donors (Lipinski definition) is 1. The van der Waals surface area contributed by atoms with E-state index in [4.69, 9.17) is 9.84 Å². The number of carbonyl (C=O) groups is 2. The molecule has 31 heavy (non-hydrogen) atoms. The van der Waals surface area contributed by atoms with E-state index in [2.05, 4.69) is 26.1 Å². The lowest BCUT2D eigenvalue weighted by atomic mass is 9.92. The minimum Gasteiger partial charge on any atom is -0.497 e. The lowest BCUT2D eigenvalue weighted by molar-refractivity contribution is -0.117. The summed E-state index contributed by atoms with van der Waals surface area (Å²) in [6.07, 6.45) is 0. The maximum absolute atomic E-state index is 13.1. The maximum Gasteiger partial charge on any atom is 0.254 e. The van der Waals surface area contributed by atoms with Gasteiger partial charge in [0.2, 0.25) is 5.91 Å². The van der Waals surface area contributed by atoms with Crippen LogP contribution in [0.5, 0.6) is 5.75 Å². The van der Waals surface area contributed by atoms with Gasteiger partial charge in [-0.3, -0.25) is 9.59 Å². The van der Waals surface area contributed by atoms with Crippen molar-refractivity contribution in [3.05, 3.63) is 41.6 Å². The largest absolute Gasteiger partial charge is 0.497 e. The molecule has 1 heterocycles. The van der Waals surface area contributed by atoms with E-state index in [0.29, 0.717) is 17.1 Å². The molecule has 0 aliphatic rings. The molecule has 1 aromatic heterocycles. The Labute approximate surface area is 185 Å². The Morgan fingerprint density at radius 2 is 1.77 bits per heavy atom. The highest BCUT2D eigenvalue weighted by molar-refractivity contribution is 5.99. The Morgan fingerprint density at radius 3 is 2.29 bits per heavy atom. The molecular weight excluding hydrogens is 392 g/mol. The van der Waals surface area contributed by atoms with Crippen molar-refractivity contribution >= 4 is 17.6 Å². The standard InChI is InChI=1S/C24H36N4O3/c1-16(2)27(22(30)17-11-10-12-18(13-17)31-9)15-21(29)25-20-14-19(23(3,4)5)26-28(20)24(6,7)8/h10-14,16H,15H2,1-9H3,(H,25,29). The van der Waals surface area contributed by atoms with Gasteiger partial charge in [-0.05, 0) is 52.8 Å². The van der Waals surface area contributed by atoms with Gasteiger partial charge in [0.15, 0.2) is 0 Å². The van der Waals surface area contributed by atoms with Crippen molar-refractivity contribution < 1.29 is 14.3 Å². The third kappa shape index (κ3) is 6.09. The monoisotopic (exact) mass is 428 g/mol. The van der Waals surface area contributed by atoms with Crippen molar-refractivity contribution in [2.75, 3.05) is 19.0 Å². The van der Waals surface area contributed by atoms with Gasteiger partial charge in [-0.2, -0.15) is 5.10 Å². The molecule has 2 amide bonds. The number of nitrogens with zero attached hydrogens (tertiary/aromatic N) is 3. The van der Waals surface area contributed by atoms with Crippen molar-refractivity contribution in [2.45, 2.75) is 72.4 Å². The molecule has 0 bridgehead atoms. The Bertz CT molecular complexity index is 933. The van der Waals surface area contributed by atoms with E-state index in [9.17, 15) is 9.59 Å². The maximum atomic E-state index is 13.1. The molecule has 0 fully saturated rings. The van der Waals surface area contributed by atoms with Crippen molar-refractivity contribution in [3.8, 4) is 5.75 Å². The number of nitrogens with one attached hydrogen (secondary N) is 1. The Hall–Kier alpha value is -2.83. The SMILES string of the molecule is COc1cccc(C(=O)N(CC(=O)Nc2cc(C(C)(C)C)nn2C(C)(C)C)C(C)C)c1. The first-order valence-corrected chi connectivity index (χ1v) is 10.6. The zero-order chi connectivity index (χ0) is 23.6. The predicted octanol–water partition coefficient (Wildman–Crippen LogP) is 4.43. The fourth-order valence-electron chi connectivity index (χ4n) is 3.10. The van der Waals surface area contributed by atoms with Gasteiger partial charge in [0, 0.05) is 23.1 Å². The summed E-state index contributed by atoms with van der Waals surface area (Å²) >= 11 is 0. The zero-order valence-electron chi connectivity index (χ0n) is 20.2. The van der Waals surface area contributed by atoms with Gasteiger partial charge in [0.05, 0.1) is 18.3 Å². The summed E-state index contributed by atoms with van der Waals surface area (Å²) in [4.78, 5) is 27.6. The average molecular weight is 429 g/mol. The number of rotatable bonds is 6. The summed E-state index contributed by atoms with van der Waals surface area (Å²) in [5, 5.41) is 7.70.